The van der Waals surface area contributed by atoms with Crippen molar-refractivity contribution in [3.63, 3.8) is 0 Å². The van der Waals surface area contributed by atoms with Crippen LogP contribution in [0.15, 0.2) is 21.9 Å². The molecule has 2 aromatic rings. The zero-order valence-electron chi connectivity index (χ0n) is 15.0. The fraction of sp³-hybridized carbons (Fsp3) is 0.421. The van der Waals surface area contributed by atoms with E-state index in [1.165, 1.54) is 17.0 Å². The van der Waals surface area contributed by atoms with Crippen molar-refractivity contribution < 1.29 is 13.9 Å². The molecular weight excluding hydrogens is 383 g/mol. The number of amides is 1. The van der Waals surface area contributed by atoms with Crippen molar-refractivity contribution in [1.82, 2.24) is 9.36 Å². The second kappa shape index (κ2) is 6.07. The third-order valence-electron chi connectivity index (χ3n) is 5.32. The Hall–Kier alpha value is -2.86. The molecule has 1 aromatic heterocycles. The van der Waals surface area contributed by atoms with Crippen molar-refractivity contribution in [2.24, 2.45) is 4.99 Å². The van der Waals surface area contributed by atoms with E-state index >= 15 is 0 Å². The molecule has 3 aliphatic rings. The van der Waals surface area contributed by atoms with Crippen LogP contribution in [-0.2, 0) is 17.9 Å². The highest BCUT2D eigenvalue weighted by molar-refractivity contribution is 7.06. The molecule has 1 aromatic carbocycles. The van der Waals surface area contributed by atoms with E-state index in [-0.39, 0.29) is 23.0 Å². The number of hydrogen-bond acceptors (Lipinski definition) is 5. The molecule has 0 saturated heterocycles. The van der Waals surface area contributed by atoms with Crippen LogP contribution in [0.1, 0.15) is 25.7 Å². The molecule has 9 heteroatoms. The molecule has 1 aliphatic carbocycles. The number of terminal acetylenes is 1. The van der Waals surface area contributed by atoms with Gasteiger partial charge in [-0.25, -0.2) is 14.1 Å². The van der Waals surface area contributed by atoms with Crippen LogP contribution in [-0.4, -0.2) is 27.4 Å². The highest BCUT2D eigenvalue weighted by Gasteiger charge is 2.58. The number of ether oxygens (including phenoxy) is 1. The van der Waals surface area contributed by atoms with Gasteiger partial charge in [-0.15, -0.1) is 6.42 Å². The van der Waals surface area contributed by atoms with Gasteiger partial charge in [-0.2, -0.15) is 0 Å². The Balaban J connectivity index is 1.65. The molecule has 0 N–H and O–H groups in total. The lowest BCUT2D eigenvalue weighted by molar-refractivity contribution is -0.128. The highest BCUT2D eigenvalue weighted by atomic mass is 32.1. The number of rotatable bonds is 2. The minimum atomic E-state index is -0.897. The summed E-state index contributed by atoms with van der Waals surface area (Å²) in [6.45, 7) is 1.38. The number of nitrogens with zero attached hydrogens (tertiary/aromatic N) is 4. The van der Waals surface area contributed by atoms with E-state index in [4.69, 9.17) is 11.2 Å². The average molecular weight is 400 g/mol. The molecule has 1 amide bonds. The third kappa shape index (κ3) is 2.52. The van der Waals surface area contributed by atoms with Gasteiger partial charge in [-0.3, -0.25) is 19.2 Å². The summed E-state index contributed by atoms with van der Waals surface area (Å²) in [6.07, 6.45) is 8.51. The maximum Gasteiger partial charge on any atom is 0.325 e. The quantitative estimate of drug-likeness (QED) is 0.722. The number of carbonyl (C=O) groups is 1. The normalized spacial score (nSPS) is 19.8. The summed E-state index contributed by atoms with van der Waals surface area (Å²) >= 11 is 0.985. The second-order valence-corrected chi connectivity index (χ2v) is 8.10. The van der Waals surface area contributed by atoms with Gasteiger partial charge in [0.15, 0.2) is 11.4 Å². The fourth-order valence-electron chi connectivity index (χ4n) is 3.72. The van der Waals surface area contributed by atoms with Crippen LogP contribution in [0.3, 0.4) is 0 Å². The first kappa shape index (κ1) is 17.3. The van der Waals surface area contributed by atoms with Gasteiger partial charge in [0.25, 0.3) is 5.91 Å². The second-order valence-electron chi connectivity index (χ2n) is 7.18. The molecular formula is C19H17FN4O3S. The monoisotopic (exact) mass is 400 g/mol. The SMILES string of the molecule is C#CCN1C(=O)C2(CC2)Oc2cc(F)c(/N=c3\sc(=O)n4n3CCCC4)cc21. The lowest BCUT2D eigenvalue weighted by atomic mass is 10.1. The van der Waals surface area contributed by atoms with Crippen LogP contribution in [0, 0.1) is 18.2 Å². The van der Waals surface area contributed by atoms with Gasteiger partial charge in [0.2, 0.25) is 4.80 Å². The Morgan fingerprint density at radius 3 is 2.71 bits per heavy atom. The molecule has 0 unspecified atom stereocenters. The number of hydrogen-bond donors (Lipinski definition) is 0. The molecule has 0 atom stereocenters. The number of benzene rings is 1. The van der Waals surface area contributed by atoms with Crippen molar-refractivity contribution in [3.05, 3.63) is 32.4 Å². The van der Waals surface area contributed by atoms with E-state index in [2.05, 4.69) is 10.9 Å². The van der Waals surface area contributed by atoms with Crippen LogP contribution < -0.4 is 19.3 Å². The largest absolute Gasteiger partial charge is 0.475 e. The minimum absolute atomic E-state index is 0.0478. The summed E-state index contributed by atoms with van der Waals surface area (Å²) in [5.41, 5.74) is -0.441. The molecule has 0 bridgehead atoms. The summed E-state index contributed by atoms with van der Waals surface area (Å²) in [7, 11) is 0. The predicted molar refractivity (Wildman–Crippen MR) is 101 cm³/mol. The summed E-state index contributed by atoms with van der Waals surface area (Å²) in [4.78, 5) is 31.1. The molecule has 7 nitrogen and oxygen atoms in total. The van der Waals surface area contributed by atoms with Crippen LogP contribution in [0.4, 0.5) is 15.8 Å². The Bertz CT molecular complexity index is 1170. The van der Waals surface area contributed by atoms with Crippen molar-refractivity contribution in [1.29, 1.82) is 0 Å². The average Bonchev–Trinajstić information content (AvgIpc) is 3.39. The maximum absolute atomic E-state index is 14.8. The molecule has 5 rings (SSSR count). The van der Waals surface area contributed by atoms with Crippen LogP contribution in [0.2, 0.25) is 0 Å². The Morgan fingerprint density at radius 1 is 1.25 bits per heavy atom. The van der Waals surface area contributed by atoms with Crippen molar-refractivity contribution in [2.45, 2.75) is 44.4 Å². The first-order valence-corrected chi connectivity index (χ1v) is 9.97. The minimum Gasteiger partial charge on any atom is -0.475 e. The molecule has 1 fully saturated rings. The standard InChI is InChI=1S/C19H17FN4O3S/c1-2-7-22-14-11-13(12(20)10-15(14)27-19(5-6-19)16(22)25)21-17-23-8-3-4-9-24(23)18(26)28-17/h1,10-11H,3-9H2/b21-17-. The Morgan fingerprint density at radius 2 is 2.00 bits per heavy atom. The van der Waals surface area contributed by atoms with Gasteiger partial charge in [0.1, 0.15) is 11.4 Å². The smallest absolute Gasteiger partial charge is 0.325 e. The molecule has 0 radical (unpaired) electrons. The van der Waals surface area contributed by atoms with Crippen LogP contribution in [0.25, 0.3) is 0 Å². The zero-order valence-corrected chi connectivity index (χ0v) is 15.8. The van der Waals surface area contributed by atoms with E-state index in [9.17, 15) is 14.0 Å². The van der Waals surface area contributed by atoms with Crippen LogP contribution in [0.5, 0.6) is 5.75 Å². The van der Waals surface area contributed by atoms with Gasteiger partial charge in [-0.1, -0.05) is 5.92 Å². The summed E-state index contributed by atoms with van der Waals surface area (Å²) < 4.78 is 24.0. The Labute approximate surface area is 163 Å². The van der Waals surface area contributed by atoms with Gasteiger partial charge >= 0.3 is 4.87 Å². The molecule has 3 heterocycles. The van der Waals surface area contributed by atoms with Gasteiger partial charge in [-0.05, 0) is 30.2 Å². The summed E-state index contributed by atoms with van der Waals surface area (Å²) in [6, 6.07) is 2.72. The first-order chi connectivity index (χ1) is 13.5. The summed E-state index contributed by atoms with van der Waals surface area (Å²) in [5, 5.41) is 0. The number of carbonyl (C=O) groups excluding carboxylic acids is 1. The highest BCUT2D eigenvalue weighted by Crippen LogP contribution is 2.50. The molecule has 28 heavy (non-hydrogen) atoms. The number of halogens is 1. The van der Waals surface area contributed by atoms with Crippen molar-refractivity contribution >= 4 is 28.6 Å². The van der Waals surface area contributed by atoms with Gasteiger partial charge in [0.05, 0.1) is 12.2 Å². The first-order valence-electron chi connectivity index (χ1n) is 9.16. The lowest BCUT2D eigenvalue weighted by Crippen LogP contribution is -2.47. The van der Waals surface area contributed by atoms with Crippen molar-refractivity contribution in [3.8, 4) is 18.1 Å². The van der Waals surface area contributed by atoms with Gasteiger partial charge in [0, 0.05) is 32.0 Å². The number of anilines is 1. The van der Waals surface area contributed by atoms with E-state index < -0.39 is 11.4 Å². The molecule has 2 aliphatic heterocycles. The maximum atomic E-state index is 14.8. The van der Waals surface area contributed by atoms with Crippen LogP contribution >= 0.6 is 11.3 Å². The molecule has 144 valence electrons. The lowest BCUT2D eigenvalue weighted by Gasteiger charge is -2.33. The molecule has 1 spiro atoms. The Kier molecular flexibility index (Phi) is 3.74. The number of fused-ring (bicyclic) bond motifs is 2. The van der Waals surface area contributed by atoms with E-state index in [1.54, 1.807) is 9.36 Å². The topological polar surface area (TPSA) is 68.8 Å². The fourth-order valence-corrected chi connectivity index (χ4v) is 4.61. The zero-order chi connectivity index (χ0) is 19.5. The third-order valence-corrected chi connectivity index (χ3v) is 6.19. The number of aromatic nitrogens is 2. The van der Waals surface area contributed by atoms with E-state index in [1.807, 2.05) is 0 Å². The summed E-state index contributed by atoms with van der Waals surface area (Å²) in [5.74, 6) is 2.01. The van der Waals surface area contributed by atoms with Gasteiger partial charge < -0.3 is 4.74 Å². The predicted octanol–water partition coefficient (Wildman–Crippen LogP) is 1.77. The van der Waals surface area contributed by atoms with E-state index in [0.29, 0.717) is 42.2 Å². The molecule has 1 saturated carbocycles. The van der Waals surface area contributed by atoms with Crippen molar-refractivity contribution in [2.75, 3.05) is 11.4 Å². The van der Waals surface area contributed by atoms with E-state index in [0.717, 1.165) is 24.2 Å².